The largest absolute Gasteiger partial charge is 0.366 e. The van der Waals surface area contributed by atoms with Gasteiger partial charge in [-0.25, -0.2) is 4.79 Å². The summed E-state index contributed by atoms with van der Waals surface area (Å²) in [6.07, 6.45) is 2.34. The summed E-state index contributed by atoms with van der Waals surface area (Å²) >= 11 is 0. The van der Waals surface area contributed by atoms with Gasteiger partial charge < -0.3 is 4.84 Å². The summed E-state index contributed by atoms with van der Waals surface area (Å²) in [4.78, 5) is 19.0. The Hall–Kier alpha value is -3.21. The van der Waals surface area contributed by atoms with Crippen LogP contribution in [-0.4, -0.2) is 21.1 Å². The van der Waals surface area contributed by atoms with Crippen molar-refractivity contribution in [3.63, 3.8) is 0 Å². The summed E-state index contributed by atoms with van der Waals surface area (Å²) in [5, 5.41) is 7.81. The molecule has 0 atom stereocenters. The number of carbonyl (C=O) groups is 1. The van der Waals surface area contributed by atoms with Gasteiger partial charge in [-0.2, -0.15) is 0 Å². The van der Waals surface area contributed by atoms with Crippen molar-refractivity contribution in [2.45, 2.75) is 6.42 Å². The second-order valence-electron chi connectivity index (χ2n) is 4.97. The Kier molecular flexibility index (Phi) is 4.01. The van der Waals surface area contributed by atoms with Crippen LogP contribution < -0.4 is 4.84 Å². The van der Waals surface area contributed by atoms with Crippen molar-refractivity contribution < 1.29 is 9.63 Å². The van der Waals surface area contributed by atoms with E-state index in [1.54, 1.807) is 30.3 Å². The first-order valence-electron chi connectivity index (χ1n) is 7.12. The smallest absolute Gasteiger partial charge is 0.312 e. The molecule has 0 aliphatic heterocycles. The summed E-state index contributed by atoms with van der Waals surface area (Å²) in [5.74, 6) is -0.513. The molecule has 0 unspecified atom stereocenters. The molecule has 0 radical (unpaired) electrons. The third kappa shape index (κ3) is 2.89. The maximum absolute atomic E-state index is 12.5. The monoisotopic (exact) mass is 305 g/mol. The number of nitrogens with zero attached hydrogens (tertiary/aromatic N) is 3. The van der Waals surface area contributed by atoms with Crippen molar-refractivity contribution >= 4 is 22.6 Å². The molecule has 5 nitrogen and oxygen atoms in total. The maximum atomic E-state index is 12.5. The lowest BCUT2D eigenvalue weighted by atomic mass is 9.99. The number of benzene rings is 2. The third-order valence-electron chi connectivity index (χ3n) is 3.41. The van der Waals surface area contributed by atoms with Crippen LogP contribution in [-0.2, 0) is 0 Å². The molecule has 0 aliphatic rings. The Bertz CT molecular complexity index is 896. The lowest BCUT2D eigenvalue weighted by Crippen LogP contribution is -2.22. The highest BCUT2D eigenvalue weighted by atomic mass is 16.7. The fourth-order valence-corrected chi connectivity index (χ4v) is 2.30. The molecule has 0 spiro atoms. The standard InChI is InChI=1S/C18H15N3O2/c1-3-8-13(2)14-9-4-5-10-15(14)18(22)23-21-17-12-7-6-11-16(17)19-20-21/h3-7,9-12H,1-2,8H2. The van der Waals surface area contributed by atoms with E-state index in [1.165, 1.54) is 0 Å². The van der Waals surface area contributed by atoms with E-state index < -0.39 is 5.97 Å². The van der Waals surface area contributed by atoms with E-state index in [4.69, 9.17) is 4.84 Å². The Morgan fingerprint density at radius 1 is 1.13 bits per heavy atom. The highest BCUT2D eigenvalue weighted by Gasteiger charge is 2.16. The molecule has 0 N–H and O–H groups in total. The van der Waals surface area contributed by atoms with E-state index in [0.29, 0.717) is 23.0 Å². The fourth-order valence-electron chi connectivity index (χ4n) is 2.30. The average molecular weight is 305 g/mol. The molecule has 3 aromatic rings. The Labute approximate surface area is 133 Å². The molecule has 0 aliphatic carbocycles. The van der Waals surface area contributed by atoms with E-state index in [-0.39, 0.29) is 0 Å². The second kappa shape index (κ2) is 6.27. The Morgan fingerprint density at radius 3 is 2.61 bits per heavy atom. The highest BCUT2D eigenvalue weighted by molar-refractivity contribution is 5.95. The Morgan fingerprint density at radius 2 is 1.83 bits per heavy atom. The first kappa shape index (κ1) is 14.7. The van der Waals surface area contributed by atoms with Crippen LogP contribution in [0.15, 0.2) is 67.8 Å². The predicted octanol–water partition coefficient (Wildman–Crippen LogP) is 3.29. The minimum absolute atomic E-state index is 0.430. The summed E-state index contributed by atoms with van der Waals surface area (Å²) in [6.45, 7) is 7.69. The van der Waals surface area contributed by atoms with Crippen LogP contribution in [0, 0.1) is 0 Å². The number of hydrogen-bond donors (Lipinski definition) is 0. The predicted molar refractivity (Wildman–Crippen MR) is 88.7 cm³/mol. The van der Waals surface area contributed by atoms with Gasteiger partial charge >= 0.3 is 5.97 Å². The molecule has 0 saturated heterocycles. The van der Waals surface area contributed by atoms with Crippen LogP contribution in [0.3, 0.4) is 0 Å². The number of hydrogen-bond acceptors (Lipinski definition) is 4. The molecule has 0 fully saturated rings. The first-order chi connectivity index (χ1) is 11.2. The van der Waals surface area contributed by atoms with Gasteiger partial charge in [-0.15, -0.1) is 11.7 Å². The molecule has 5 heteroatoms. The van der Waals surface area contributed by atoms with E-state index in [2.05, 4.69) is 23.5 Å². The quantitative estimate of drug-likeness (QED) is 0.536. The van der Waals surface area contributed by atoms with Crippen molar-refractivity contribution in [2.75, 3.05) is 0 Å². The van der Waals surface area contributed by atoms with Crippen molar-refractivity contribution in [2.24, 2.45) is 0 Å². The maximum Gasteiger partial charge on any atom is 0.366 e. The van der Waals surface area contributed by atoms with Gasteiger partial charge in [0.1, 0.15) is 11.0 Å². The van der Waals surface area contributed by atoms with Crippen LogP contribution in [0.5, 0.6) is 0 Å². The van der Waals surface area contributed by atoms with E-state index >= 15 is 0 Å². The first-order valence-corrected chi connectivity index (χ1v) is 7.12. The van der Waals surface area contributed by atoms with E-state index in [9.17, 15) is 4.79 Å². The normalized spacial score (nSPS) is 10.4. The lowest BCUT2D eigenvalue weighted by molar-refractivity contribution is 0.0408. The lowest BCUT2D eigenvalue weighted by Gasteiger charge is -2.10. The van der Waals surface area contributed by atoms with Gasteiger partial charge in [0.05, 0.1) is 5.56 Å². The number of allylic oxidation sites excluding steroid dienone is 2. The molecular weight excluding hydrogens is 290 g/mol. The number of aromatic nitrogens is 3. The molecule has 0 amide bonds. The second-order valence-corrected chi connectivity index (χ2v) is 4.97. The van der Waals surface area contributed by atoms with Gasteiger partial charge in [0.25, 0.3) is 0 Å². The van der Waals surface area contributed by atoms with Crippen LogP contribution in [0.4, 0.5) is 0 Å². The summed E-state index contributed by atoms with van der Waals surface area (Å²) in [6, 6.07) is 14.4. The zero-order valence-corrected chi connectivity index (χ0v) is 12.5. The third-order valence-corrected chi connectivity index (χ3v) is 3.41. The van der Waals surface area contributed by atoms with Crippen molar-refractivity contribution in [3.8, 4) is 0 Å². The van der Waals surface area contributed by atoms with Gasteiger partial charge in [-0.3, -0.25) is 0 Å². The highest BCUT2D eigenvalue weighted by Crippen LogP contribution is 2.21. The summed E-state index contributed by atoms with van der Waals surface area (Å²) in [5.41, 5.74) is 3.25. The summed E-state index contributed by atoms with van der Waals surface area (Å²) < 4.78 is 0. The van der Waals surface area contributed by atoms with Gasteiger partial charge in [0.15, 0.2) is 0 Å². The Balaban J connectivity index is 1.92. The SMILES string of the molecule is C=CCC(=C)c1ccccc1C(=O)On1nnc2ccccc21. The topological polar surface area (TPSA) is 57.0 Å². The number of rotatable bonds is 5. The molecule has 0 bridgehead atoms. The van der Waals surface area contributed by atoms with Crippen LogP contribution in [0.25, 0.3) is 16.6 Å². The van der Waals surface area contributed by atoms with Gasteiger partial charge in [0.2, 0.25) is 0 Å². The van der Waals surface area contributed by atoms with Gasteiger partial charge in [-0.05, 0) is 41.0 Å². The van der Waals surface area contributed by atoms with Crippen molar-refractivity contribution in [1.29, 1.82) is 0 Å². The van der Waals surface area contributed by atoms with E-state index in [1.807, 2.05) is 24.3 Å². The molecule has 114 valence electrons. The minimum Gasteiger partial charge on any atom is -0.312 e. The molecule has 23 heavy (non-hydrogen) atoms. The van der Waals surface area contributed by atoms with Crippen LogP contribution >= 0.6 is 0 Å². The average Bonchev–Trinajstić information content (AvgIpc) is 2.98. The minimum atomic E-state index is -0.513. The molecular formula is C18H15N3O2. The van der Waals surface area contributed by atoms with Crippen molar-refractivity contribution in [1.82, 2.24) is 15.2 Å². The molecule has 1 aromatic heterocycles. The zero-order valence-electron chi connectivity index (χ0n) is 12.5. The zero-order chi connectivity index (χ0) is 16.2. The summed E-state index contributed by atoms with van der Waals surface area (Å²) in [7, 11) is 0. The molecule has 1 heterocycles. The van der Waals surface area contributed by atoms with Gasteiger partial charge in [-0.1, -0.05) is 47.8 Å². The number of para-hydroxylation sites is 1. The molecule has 2 aromatic carbocycles. The van der Waals surface area contributed by atoms with Gasteiger partial charge in [0, 0.05) is 0 Å². The molecule has 0 saturated carbocycles. The molecule has 3 rings (SSSR count). The van der Waals surface area contributed by atoms with Crippen LogP contribution in [0.1, 0.15) is 22.3 Å². The van der Waals surface area contributed by atoms with Crippen molar-refractivity contribution in [3.05, 3.63) is 78.9 Å². The number of carbonyl (C=O) groups excluding carboxylic acids is 1. The van der Waals surface area contributed by atoms with Crippen LogP contribution in [0.2, 0.25) is 0 Å². The van der Waals surface area contributed by atoms with E-state index in [0.717, 1.165) is 16.0 Å². The number of fused-ring (bicyclic) bond motifs is 1. The fraction of sp³-hybridized carbons (Fsp3) is 0.0556.